The van der Waals surface area contributed by atoms with E-state index in [0.29, 0.717) is 0 Å². The monoisotopic (exact) mass is 350 g/mol. The highest BCUT2D eigenvalue weighted by molar-refractivity contribution is 14.1. The molecule has 0 amide bonds. The third-order valence-corrected chi connectivity index (χ3v) is 3.53. The molecule has 0 aromatic heterocycles. The van der Waals surface area contributed by atoms with Crippen LogP contribution in [0.5, 0.6) is 0 Å². The molecule has 0 atom stereocenters. The first-order valence-electron chi connectivity index (χ1n) is 5.84. The fourth-order valence-corrected chi connectivity index (χ4v) is 2.22. The molecule has 0 radical (unpaired) electrons. The lowest BCUT2D eigenvalue weighted by atomic mass is 9.97. The summed E-state index contributed by atoms with van der Waals surface area (Å²) in [5.74, 6) is 0. The highest BCUT2D eigenvalue weighted by Gasteiger charge is 2.04. The van der Waals surface area contributed by atoms with Gasteiger partial charge in [0.1, 0.15) is 0 Å². The zero-order chi connectivity index (χ0) is 13.0. The molecule has 1 N–H and O–H groups in total. The second kappa shape index (κ2) is 6.16. The predicted molar refractivity (Wildman–Crippen MR) is 84.5 cm³/mol. The van der Waals surface area contributed by atoms with E-state index in [0.717, 1.165) is 16.7 Å². The van der Waals surface area contributed by atoms with Gasteiger partial charge in [0.15, 0.2) is 0 Å². The molecule has 18 heavy (non-hydrogen) atoms. The van der Waals surface area contributed by atoms with Crippen LogP contribution in [-0.4, -0.2) is 11.7 Å². The van der Waals surface area contributed by atoms with Crippen molar-refractivity contribution in [2.45, 2.75) is 6.92 Å². The maximum Gasteiger partial charge on any atom is 0.0621 e. The Morgan fingerprint density at radius 3 is 2.00 bits per heavy atom. The summed E-state index contributed by atoms with van der Waals surface area (Å²) >= 11 is 2.29. The lowest BCUT2D eigenvalue weighted by molar-refractivity contribution is 0.343. The van der Waals surface area contributed by atoms with E-state index in [4.69, 9.17) is 0 Å². The van der Waals surface area contributed by atoms with Gasteiger partial charge >= 0.3 is 0 Å². The first-order valence-corrected chi connectivity index (χ1v) is 6.92. The van der Waals surface area contributed by atoms with E-state index in [9.17, 15) is 5.11 Å². The van der Waals surface area contributed by atoms with Crippen LogP contribution in [0.2, 0.25) is 0 Å². The van der Waals surface area contributed by atoms with E-state index in [1.54, 1.807) is 0 Å². The Labute approximate surface area is 121 Å². The summed E-state index contributed by atoms with van der Waals surface area (Å²) in [5, 5.41) is 9.19. The van der Waals surface area contributed by atoms with Crippen molar-refractivity contribution >= 4 is 28.2 Å². The summed E-state index contributed by atoms with van der Waals surface area (Å²) in [6, 6.07) is 16.7. The van der Waals surface area contributed by atoms with Crippen LogP contribution >= 0.6 is 22.6 Å². The van der Waals surface area contributed by atoms with E-state index >= 15 is 0 Å². The number of benzene rings is 2. The van der Waals surface area contributed by atoms with Crippen molar-refractivity contribution in [3.8, 4) is 0 Å². The second-order valence-electron chi connectivity index (χ2n) is 4.17. The fourth-order valence-electron chi connectivity index (χ4n) is 1.86. The topological polar surface area (TPSA) is 20.2 Å². The molecule has 0 spiro atoms. The molecule has 2 rings (SSSR count). The minimum Gasteiger partial charge on any atom is -0.392 e. The molecule has 0 aliphatic carbocycles. The molecular weight excluding hydrogens is 335 g/mol. The van der Waals surface area contributed by atoms with Crippen molar-refractivity contribution in [2.24, 2.45) is 0 Å². The number of aliphatic hydroxyl groups excluding tert-OH is 1. The quantitative estimate of drug-likeness (QED) is 0.829. The number of aliphatic hydroxyl groups is 1. The van der Waals surface area contributed by atoms with Gasteiger partial charge in [0.2, 0.25) is 0 Å². The molecule has 0 bridgehead atoms. The van der Waals surface area contributed by atoms with Gasteiger partial charge in [-0.15, -0.1) is 0 Å². The van der Waals surface area contributed by atoms with Gasteiger partial charge in [-0.25, -0.2) is 0 Å². The van der Waals surface area contributed by atoms with Crippen LogP contribution < -0.4 is 0 Å². The number of aryl methyl sites for hydroxylation is 1. The van der Waals surface area contributed by atoms with Gasteiger partial charge in [0.25, 0.3) is 0 Å². The number of rotatable bonds is 3. The Morgan fingerprint density at radius 1 is 1.00 bits per heavy atom. The lowest BCUT2D eigenvalue weighted by Crippen LogP contribution is -1.90. The van der Waals surface area contributed by atoms with E-state index in [-0.39, 0.29) is 6.61 Å². The maximum absolute atomic E-state index is 9.19. The van der Waals surface area contributed by atoms with Crippen molar-refractivity contribution < 1.29 is 5.11 Å². The van der Waals surface area contributed by atoms with Gasteiger partial charge in [0.05, 0.1) is 6.61 Å². The first-order chi connectivity index (χ1) is 8.70. The number of hydrogen-bond acceptors (Lipinski definition) is 1. The molecule has 0 aliphatic rings. The average molecular weight is 350 g/mol. The SMILES string of the molecule is Cc1ccc(/C(=C\CO)c2ccc(I)cc2)cc1. The number of halogens is 1. The molecule has 2 aromatic carbocycles. The first kappa shape index (κ1) is 13.3. The summed E-state index contributed by atoms with van der Waals surface area (Å²) in [7, 11) is 0. The zero-order valence-corrected chi connectivity index (χ0v) is 12.4. The third-order valence-electron chi connectivity index (χ3n) is 2.81. The minimum absolute atomic E-state index is 0.0508. The van der Waals surface area contributed by atoms with Crippen LogP contribution in [0.15, 0.2) is 54.6 Å². The van der Waals surface area contributed by atoms with Crippen LogP contribution in [0.25, 0.3) is 5.57 Å². The summed E-state index contributed by atoms with van der Waals surface area (Å²) in [5.41, 5.74) is 4.59. The molecule has 1 nitrogen and oxygen atoms in total. The molecule has 2 heteroatoms. The van der Waals surface area contributed by atoms with E-state index in [2.05, 4.69) is 78.0 Å². The third kappa shape index (κ3) is 3.21. The normalized spacial score (nSPS) is 11.6. The fraction of sp³-hybridized carbons (Fsp3) is 0.125. The molecule has 0 fully saturated rings. The van der Waals surface area contributed by atoms with Crippen LogP contribution in [0.1, 0.15) is 16.7 Å². The highest BCUT2D eigenvalue weighted by atomic mass is 127. The van der Waals surface area contributed by atoms with Crippen molar-refractivity contribution in [3.63, 3.8) is 0 Å². The van der Waals surface area contributed by atoms with Gasteiger partial charge in [-0.1, -0.05) is 48.0 Å². The lowest BCUT2D eigenvalue weighted by Gasteiger charge is -2.09. The van der Waals surface area contributed by atoms with Crippen LogP contribution in [0, 0.1) is 10.5 Å². The second-order valence-corrected chi connectivity index (χ2v) is 5.42. The average Bonchev–Trinajstić information content (AvgIpc) is 2.39. The Morgan fingerprint density at radius 2 is 1.50 bits per heavy atom. The summed E-state index contributed by atoms with van der Waals surface area (Å²) in [4.78, 5) is 0. The number of hydrogen-bond donors (Lipinski definition) is 1. The van der Waals surface area contributed by atoms with Gasteiger partial charge in [-0.05, 0) is 58.3 Å². The van der Waals surface area contributed by atoms with E-state index < -0.39 is 0 Å². The maximum atomic E-state index is 9.19. The van der Waals surface area contributed by atoms with Gasteiger partial charge in [-0.2, -0.15) is 0 Å². The van der Waals surface area contributed by atoms with Crippen molar-refractivity contribution in [3.05, 3.63) is 74.9 Å². The minimum atomic E-state index is 0.0508. The molecule has 0 heterocycles. The predicted octanol–water partition coefficient (Wildman–Crippen LogP) is 4.02. The Kier molecular flexibility index (Phi) is 4.55. The van der Waals surface area contributed by atoms with E-state index in [1.165, 1.54) is 9.13 Å². The highest BCUT2D eigenvalue weighted by Crippen LogP contribution is 2.24. The van der Waals surface area contributed by atoms with Gasteiger partial charge in [-0.3, -0.25) is 0 Å². The molecular formula is C16H15IO. The van der Waals surface area contributed by atoms with Crippen molar-refractivity contribution in [1.82, 2.24) is 0 Å². The summed E-state index contributed by atoms with van der Waals surface area (Å²) in [6.45, 7) is 2.12. The molecule has 0 unspecified atom stereocenters. The Balaban J connectivity index is 2.43. The van der Waals surface area contributed by atoms with E-state index in [1.807, 2.05) is 6.08 Å². The molecule has 0 saturated carbocycles. The molecule has 0 saturated heterocycles. The van der Waals surface area contributed by atoms with Crippen molar-refractivity contribution in [1.29, 1.82) is 0 Å². The van der Waals surface area contributed by atoms with Crippen LogP contribution in [-0.2, 0) is 0 Å². The molecule has 0 aliphatic heterocycles. The zero-order valence-electron chi connectivity index (χ0n) is 10.2. The Bertz CT molecular complexity index is 491. The van der Waals surface area contributed by atoms with Crippen LogP contribution in [0.4, 0.5) is 0 Å². The summed E-state index contributed by atoms with van der Waals surface area (Å²) in [6.07, 6.45) is 1.85. The largest absolute Gasteiger partial charge is 0.392 e. The van der Waals surface area contributed by atoms with Crippen LogP contribution in [0.3, 0.4) is 0 Å². The Hall–Kier alpha value is -1.13. The molecule has 2 aromatic rings. The standard InChI is InChI=1S/C16H15IO/c1-12-2-4-13(5-3-12)16(10-11-18)14-6-8-15(17)9-7-14/h2-10,18H,11H2,1H3/b16-10+. The summed E-state index contributed by atoms with van der Waals surface area (Å²) < 4.78 is 1.21. The molecule has 92 valence electrons. The smallest absolute Gasteiger partial charge is 0.0621 e. The van der Waals surface area contributed by atoms with Gasteiger partial charge in [0, 0.05) is 3.57 Å². The van der Waals surface area contributed by atoms with Gasteiger partial charge < -0.3 is 5.11 Å². The van der Waals surface area contributed by atoms with Crippen molar-refractivity contribution in [2.75, 3.05) is 6.61 Å².